The molecule has 2 bridgehead atoms. The van der Waals surface area contributed by atoms with Gasteiger partial charge in [0.15, 0.2) is 0 Å². The van der Waals surface area contributed by atoms with E-state index in [0.717, 1.165) is 30.5 Å². The largest absolute Gasteiger partial charge is 0.469 e. The van der Waals surface area contributed by atoms with Crippen LogP contribution in [0.1, 0.15) is 30.7 Å². The van der Waals surface area contributed by atoms with E-state index in [1.165, 1.54) is 7.11 Å². The molecule has 2 saturated heterocycles. The van der Waals surface area contributed by atoms with Crippen molar-refractivity contribution in [1.82, 2.24) is 0 Å². The molecule has 4 heteroatoms. The third-order valence-electron chi connectivity index (χ3n) is 4.33. The summed E-state index contributed by atoms with van der Waals surface area (Å²) in [5.74, 6) is -0.168. The van der Waals surface area contributed by atoms with E-state index in [1.54, 1.807) is 0 Å². The molecule has 0 saturated carbocycles. The Bertz CT molecular complexity index is 471. The van der Waals surface area contributed by atoms with Gasteiger partial charge < -0.3 is 15.2 Å². The van der Waals surface area contributed by atoms with Gasteiger partial charge in [-0.15, -0.1) is 0 Å². The maximum Gasteiger partial charge on any atom is 0.311 e. The summed E-state index contributed by atoms with van der Waals surface area (Å²) < 4.78 is 10.9. The van der Waals surface area contributed by atoms with Gasteiger partial charge in [0.25, 0.3) is 0 Å². The summed E-state index contributed by atoms with van der Waals surface area (Å²) in [6.07, 6.45) is 3.18. The molecule has 0 aromatic heterocycles. The first-order valence-electron chi connectivity index (χ1n) is 6.77. The summed E-state index contributed by atoms with van der Waals surface area (Å²) in [4.78, 5) is 12.1. The van der Waals surface area contributed by atoms with E-state index in [9.17, 15) is 4.79 Å². The Hall–Kier alpha value is -1.55. The highest BCUT2D eigenvalue weighted by Gasteiger charge is 2.47. The van der Waals surface area contributed by atoms with Crippen LogP contribution in [0.3, 0.4) is 0 Å². The second kappa shape index (κ2) is 4.85. The number of carbonyl (C=O) groups is 1. The summed E-state index contributed by atoms with van der Waals surface area (Å²) in [6, 6.07) is 7.81. The van der Waals surface area contributed by atoms with Crippen LogP contribution in [0, 0.1) is 5.92 Å². The molecule has 3 rings (SSSR count). The van der Waals surface area contributed by atoms with Gasteiger partial charge in [0, 0.05) is 11.6 Å². The number of methoxy groups -OCH3 is 1. The van der Waals surface area contributed by atoms with Gasteiger partial charge in [0.05, 0.1) is 25.2 Å². The molecular weight excluding hydrogens is 242 g/mol. The van der Waals surface area contributed by atoms with E-state index in [1.807, 2.05) is 24.3 Å². The summed E-state index contributed by atoms with van der Waals surface area (Å²) in [7, 11) is 1.45. The quantitative estimate of drug-likeness (QED) is 0.654. The summed E-state index contributed by atoms with van der Waals surface area (Å²) in [6.45, 7) is 0. The lowest BCUT2D eigenvalue weighted by Gasteiger charge is -2.35. The lowest BCUT2D eigenvalue weighted by Crippen LogP contribution is -2.39. The molecule has 0 aliphatic carbocycles. The molecule has 4 unspecified atom stereocenters. The third kappa shape index (κ3) is 2.21. The van der Waals surface area contributed by atoms with Crippen molar-refractivity contribution < 1.29 is 14.3 Å². The molecule has 2 heterocycles. The normalized spacial score (nSPS) is 33.1. The van der Waals surface area contributed by atoms with Gasteiger partial charge in [-0.2, -0.15) is 0 Å². The van der Waals surface area contributed by atoms with Gasteiger partial charge in [-0.3, -0.25) is 4.79 Å². The topological polar surface area (TPSA) is 61.5 Å². The van der Waals surface area contributed by atoms with Crippen molar-refractivity contribution in [3.8, 4) is 0 Å². The molecule has 1 aromatic carbocycles. The Labute approximate surface area is 112 Å². The number of esters is 1. The van der Waals surface area contributed by atoms with Crippen LogP contribution in [0.15, 0.2) is 24.3 Å². The van der Waals surface area contributed by atoms with E-state index >= 15 is 0 Å². The molecule has 4 nitrogen and oxygen atoms in total. The number of hydrogen-bond acceptors (Lipinski definition) is 4. The molecule has 1 aromatic rings. The average molecular weight is 261 g/mol. The lowest BCUT2D eigenvalue weighted by molar-refractivity contribution is -0.156. The Morgan fingerprint density at radius 2 is 2.05 bits per heavy atom. The Morgan fingerprint density at radius 3 is 2.74 bits per heavy atom. The molecule has 2 fully saturated rings. The number of nitrogen functional groups attached to an aromatic ring is 1. The maximum atomic E-state index is 12.1. The number of carbonyl (C=O) groups excluding carboxylic acids is 1. The highest BCUT2D eigenvalue weighted by atomic mass is 16.5. The predicted octanol–water partition coefficient (Wildman–Crippen LogP) is 2.09. The van der Waals surface area contributed by atoms with Gasteiger partial charge in [0.1, 0.15) is 0 Å². The predicted molar refractivity (Wildman–Crippen MR) is 71.6 cm³/mol. The van der Waals surface area contributed by atoms with Crippen molar-refractivity contribution in [1.29, 1.82) is 0 Å². The Balaban J connectivity index is 1.92. The number of anilines is 1. The van der Waals surface area contributed by atoms with Gasteiger partial charge in [-0.25, -0.2) is 0 Å². The minimum Gasteiger partial charge on any atom is -0.469 e. The van der Waals surface area contributed by atoms with Crippen LogP contribution in [-0.4, -0.2) is 25.3 Å². The number of hydrogen-bond donors (Lipinski definition) is 1. The summed E-state index contributed by atoms with van der Waals surface area (Å²) >= 11 is 0. The smallest absolute Gasteiger partial charge is 0.311 e. The van der Waals surface area contributed by atoms with Crippen molar-refractivity contribution in [3.05, 3.63) is 29.8 Å². The van der Waals surface area contributed by atoms with E-state index in [4.69, 9.17) is 15.2 Å². The number of ether oxygens (including phenoxy) is 2. The monoisotopic (exact) mass is 261 g/mol. The zero-order valence-corrected chi connectivity index (χ0v) is 11.0. The Kier molecular flexibility index (Phi) is 3.19. The molecule has 4 atom stereocenters. The molecule has 2 N–H and O–H groups in total. The highest BCUT2D eigenvalue weighted by molar-refractivity contribution is 5.74. The van der Waals surface area contributed by atoms with E-state index < -0.39 is 0 Å². The minimum absolute atomic E-state index is 0.00810. The molecule has 19 heavy (non-hydrogen) atoms. The molecule has 102 valence electrons. The van der Waals surface area contributed by atoms with Crippen LogP contribution in [0.5, 0.6) is 0 Å². The molecule has 0 radical (unpaired) electrons. The standard InChI is InChI=1S/C15H19NO3/c1-18-15(17)14-12(8-11-6-7-13(14)19-11)9-2-4-10(16)5-3-9/h2-5,11-14H,6-8,16H2,1H3. The molecule has 0 amide bonds. The minimum atomic E-state index is -0.188. The van der Waals surface area contributed by atoms with Crippen LogP contribution in [0.2, 0.25) is 0 Å². The molecule has 0 spiro atoms. The number of nitrogens with two attached hydrogens (primary N) is 1. The summed E-state index contributed by atoms with van der Waals surface area (Å²) in [5, 5.41) is 0. The van der Waals surface area contributed by atoms with Crippen molar-refractivity contribution in [2.45, 2.75) is 37.4 Å². The fraction of sp³-hybridized carbons (Fsp3) is 0.533. The van der Waals surface area contributed by atoms with Crippen LogP contribution in [-0.2, 0) is 14.3 Å². The van der Waals surface area contributed by atoms with Gasteiger partial charge in [-0.05, 0) is 37.0 Å². The fourth-order valence-electron chi connectivity index (χ4n) is 3.40. The molecule has 2 aliphatic heterocycles. The van der Waals surface area contributed by atoms with Gasteiger partial charge in [-0.1, -0.05) is 12.1 Å². The maximum absolute atomic E-state index is 12.1. The first-order valence-corrected chi connectivity index (χ1v) is 6.77. The first-order chi connectivity index (χ1) is 9.19. The first kappa shape index (κ1) is 12.5. The van der Waals surface area contributed by atoms with Crippen molar-refractivity contribution in [2.75, 3.05) is 12.8 Å². The van der Waals surface area contributed by atoms with Crippen molar-refractivity contribution >= 4 is 11.7 Å². The fourth-order valence-corrected chi connectivity index (χ4v) is 3.40. The molecular formula is C15H19NO3. The van der Waals surface area contributed by atoms with E-state index in [0.29, 0.717) is 0 Å². The third-order valence-corrected chi connectivity index (χ3v) is 4.33. The van der Waals surface area contributed by atoms with Gasteiger partial charge in [0.2, 0.25) is 0 Å². The molecule has 2 aliphatic rings. The van der Waals surface area contributed by atoms with Gasteiger partial charge >= 0.3 is 5.97 Å². The average Bonchev–Trinajstić information content (AvgIpc) is 2.80. The number of benzene rings is 1. The van der Waals surface area contributed by atoms with Crippen LogP contribution in [0.25, 0.3) is 0 Å². The zero-order chi connectivity index (χ0) is 13.4. The summed E-state index contributed by atoms with van der Waals surface area (Å²) in [5.41, 5.74) is 7.63. The van der Waals surface area contributed by atoms with Crippen molar-refractivity contribution in [2.24, 2.45) is 5.92 Å². The Morgan fingerprint density at radius 1 is 1.32 bits per heavy atom. The van der Waals surface area contributed by atoms with E-state index in [-0.39, 0.29) is 30.0 Å². The van der Waals surface area contributed by atoms with Crippen molar-refractivity contribution in [3.63, 3.8) is 0 Å². The van der Waals surface area contributed by atoms with Crippen LogP contribution in [0.4, 0.5) is 5.69 Å². The van der Waals surface area contributed by atoms with Crippen LogP contribution < -0.4 is 5.73 Å². The SMILES string of the molecule is COC(=O)C1C2CCC(CC1c1ccc(N)cc1)O2. The lowest BCUT2D eigenvalue weighted by atomic mass is 9.79. The highest BCUT2D eigenvalue weighted by Crippen LogP contribution is 2.45. The second-order valence-electron chi connectivity index (χ2n) is 5.43. The zero-order valence-electron chi connectivity index (χ0n) is 11.0. The number of rotatable bonds is 2. The van der Waals surface area contributed by atoms with E-state index in [2.05, 4.69) is 0 Å². The van der Waals surface area contributed by atoms with Crippen LogP contribution >= 0.6 is 0 Å². The second-order valence-corrected chi connectivity index (χ2v) is 5.43. The number of fused-ring (bicyclic) bond motifs is 2.